The fourth-order valence-electron chi connectivity index (χ4n) is 1.00. The van der Waals surface area contributed by atoms with Crippen molar-refractivity contribution >= 4 is 33.6 Å². The van der Waals surface area contributed by atoms with Crippen molar-refractivity contribution in [3.8, 4) is 0 Å². The molecule has 0 bridgehead atoms. The SMILES string of the molecule is ClC1CC=c2ncc(Br)nc2=N1. The quantitative estimate of drug-likeness (QED) is 0.497. The van der Waals surface area contributed by atoms with Gasteiger partial charge < -0.3 is 0 Å². The van der Waals surface area contributed by atoms with E-state index in [4.69, 9.17) is 11.6 Å². The molecule has 1 aliphatic heterocycles. The minimum atomic E-state index is -0.193. The van der Waals surface area contributed by atoms with Crippen molar-refractivity contribution in [3.05, 3.63) is 21.6 Å². The van der Waals surface area contributed by atoms with Gasteiger partial charge in [0.25, 0.3) is 0 Å². The number of hydrogen-bond acceptors (Lipinski definition) is 3. The van der Waals surface area contributed by atoms with Crippen LogP contribution in [0.4, 0.5) is 0 Å². The molecule has 5 heteroatoms. The summed E-state index contributed by atoms with van der Waals surface area (Å²) >= 11 is 9.04. The second-order valence-corrected chi connectivity index (χ2v) is 3.72. The molecule has 1 aromatic rings. The molecule has 2 rings (SSSR count). The molecule has 1 aromatic heterocycles. The van der Waals surface area contributed by atoms with Crippen LogP contribution in [0, 0.1) is 0 Å². The molecule has 1 unspecified atom stereocenters. The highest BCUT2D eigenvalue weighted by Crippen LogP contribution is 2.05. The first-order valence-corrected chi connectivity index (χ1v) is 4.69. The van der Waals surface area contributed by atoms with E-state index in [9.17, 15) is 0 Å². The molecule has 0 fully saturated rings. The summed E-state index contributed by atoms with van der Waals surface area (Å²) in [7, 11) is 0. The number of aromatic nitrogens is 2. The molecule has 62 valence electrons. The number of rotatable bonds is 0. The van der Waals surface area contributed by atoms with Crippen molar-refractivity contribution < 1.29 is 0 Å². The number of alkyl halides is 1. The highest BCUT2D eigenvalue weighted by molar-refractivity contribution is 9.10. The molecule has 1 atom stereocenters. The molecule has 0 aromatic carbocycles. The topological polar surface area (TPSA) is 38.1 Å². The van der Waals surface area contributed by atoms with Gasteiger partial charge in [-0.15, -0.1) is 0 Å². The van der Waals surface area contributed by atoms with Gasteiger partial charge in [0.1, 0.15) is 15.5 Å². The predicted molar refractivity (Wildman–Crippen MR) is 49.2 cm³/mol. The lowest BCUT2D eigenvalue weighted by atomic mass is 10.3. The fraction of sp³-hybridized carbons (Fsp3) is 0.286. The van der Waals surface area contributed by atoms with Gasteiger partial charge in [-0.2, -0.15) is 0 Å². The second kappa shape index (κ2) is 3.11. The summed E-state index contributed by atoms with van der Waals surface area (Å²) in [5.74, 6) is 0. The maximum absolute atomic E-state index is 5.82. The van der Waals surface area contributed by atoms with E-state index in [0.717, 1.165) is 11.8 Å². The van der Waals surface area contributed by atoms with Crippen molar-refractivity contribution in [3.63, 3.8) is 0 Å². The van der Waals surface area contributed by atoms with Crippen LogP contribution in [0.2, 0.25) is 0 Å². The summed E-state index contributed by atoms with van der Waals surface area (Å²) in [5.41, 5.74) is 0.428. The zero-order valence-corrected chi connectivity index (χ0v) is 8.38. The van der Waals surface area contributed by atoms with E-state index >= 15 is 0 Å². The largest absolute Gasteiger partial charge is 0.250 e. The maximum atomic E-state index is 5.82. The smallest absolute Gasteiger partial charge is 0.175 e. The Bertz CT molecular complexity index is 417. The molecular formula is C7H5BrClN3. The van der Waals surface area contributed by atoms with Gasteiger partial charge >= 0.3 is 0 Å². The highest BCUT2D eigenvalue weighted by atomic mass is 79.9. The van der Waals surface area contributed by atoms with E-state index in [1.807, 2.05) is 6.08 Å². The Kier molecular flexibility index (Phi) is 2.11. The van der Waals surface area contributed by atoms with Crippen LogP contribution < -0.4 is 10.8 Å². The average molecular weight is 246 g/mol. The Morgan fingerprint density at radius 2 is 2.42 bits per heavy atom. The third-order valence-corrected chi connectivity index (χ3v) is 2.18. The second-order valence-electron chi connectivity index (χ2n) is 2.40. The predicted octanol–water partition coefficient (Wildman–Crippen LogP) is 0.608. The van der Waals surface area contributed by atoms with Crippen molar-refractivity contribution in [2.45, 2.75) is 11.9 Å². The molecular weight excluding hydrogens is 241 g/mol. The molecule has 3 nitrogen and oxygen atoms in total. The van der Waals surface area contributed by atoms with E-state index in [-0.39, 0.29) is 5.50 Å². The first kappa shape index (κ1) is 8.13. The van der Waals surface area contributed by atoms with Crippen LogP contribution in [-0.2, 0) is 0 Å². The van der Waals surface area contributed by atoms with Crippen LogP contribution in [0.1, 0.15) is 6.42 Å². The summed E-state index contributed by atoms with van der Waals surface area (Å²) in [6, 6.07) is 0. The van der Waals surface area contributed by atoms with Crippen LogP contribution >= 0.6 is 27.5 Å². The van der Waals surface area contributed by atoms with Crippen molar-refractivity contribution in [1.82, 2.24) is 9.97 Å². The lowest BCUT2D eigenvalue weighted by Crippen LogP contribution is -2.35. The van der Waals surface area contributed by atoms with Gasteiger partial charge in [0, 0.05) is 6.42 Å². The van der Waals surface area contributed by atoms with Crippen LogP contribution in [-0.4, -0.2) is 15.5 Å². The van der Waals surface area contributed by atoms with E-state index in [2.05, 4.69) is 30.9 Å². The van der Waals surface area contributed by atoms with Gasteiger partial charge in [0.2, 0.25) is 0 Å². The van der Waals surface area contributed by atoms with Crippen molar-refractivity contribution in [1.29, 1.82) is 0 Å². The number of nitrogens with zero attached hydrogens (tertiary/aromatic N) is 3. The number of fused-ring (bicyclic) bond motifs is 1. The standard InChI is InChI=1S/C7H5BrClN3/c8-5-3-10-4-1-2-6(9)12-7(4)11-5/h1,3,6H,2H2. The Morgan fingerprint density at radius 3 is 3.25 bits per heavy atom. The van der Waals surface area contributed by atoms with Crippen LogP contribution in [0.15, 0.2) is 15.8 Å². The molecule has 0 N–H and O–H groups in total. The Morgan fingerprint density at radius 1 is 1.58 bits per heavy atom. The summed E-state index contributed by atoms with van der Waals surface area (Å²) in [5, 5.41) is 0.815. The molecule has 12 heavy (non-hydrogen) atoms. The molecule has 0 amide bonds. The third-order valence-electron chi connectivity index (χ3n) is 1.52. The van der Waals surface area contributed by atoms with Crippen LogP contribution in [0.3, 0.4) is 0 Å². The monoisotopic (exact) mass is 245 g/mol. The normalized spacial score (nSPS) is 20.7. The minimum absolute atomic E-state index is 0.193. The van der Waals surface area contributed by atoms with Crippen LogP contribution in [0.5, 0.6) is 0 Å². The van der Waals surface area contributed by atoms with Gasteiger partial charge in [-0.1, -0.05) is 17.7 Å². The van der Waals surface area contributed by atoms with Gasteiger partial charge in [-0.05, 0) is 15.9 Å². The van der Waals surface area contributed by atoms with E-state index in [1.165, 1.54) is 0 Å². The molecule has 2 heterocycles. The Hall–Kier alpha value is -0.480. The number of hydrogen-bond donors (Lipinski definition) is 0. The number of halogens is 2. The molecule has 0 saturated heterocycles. The van der Waals surface area contributed by atoms with Crippen molar-refractivity contribution in [2.24, 2.45) is 4.99 Å². The zero-order valence-electron chi connectivity index (χ0n) is 6.04. The zero-order chi connectivity index (χ0) is 8.55. The van der Waals surface area contributed by atoms with E-state index < -0.39 is 0 Å². The molecule has 0 saturated carbocycles. The lowest BCUT2D eigenvalue weighted by molar-refractivity contribution is 0.831. The summed E-state index contributed by atoms with van der Waals surface area (Å²) in [6.45, 7) is 0. The summed E-state index contributed by atoms with van der Waals surface area (Å²) in [6.07, 6.45) is 4.32. The minimum Gasteiger partial charge on any atom is -0.250 e. The maximum Gasteiger partial charge on any atom is 0.175 e. The first-order chi connectivity index (χ1) is 5.75. The lowest BCUT2D eigenvalue weighted by Gasteiger charge is -2.03. The highest BCUT2D eigenvalue weighted by Gasteiger charge is 2.05. The molecule has 0 radical (unpaired) electrons. The van der Waals surface area contributed by atoms with E-state index in [1.54, 1.807) is 6.20 Å². The van der Waals surface area contributed by atoms with Gasteiger partial charge in [0.05, 0.1) is 6.20 Å². The average Bonchev–Trinajstić information content (AvgIpc) is 2.03. The van der Waals surface area contributed by atoms with Gasteiger partial charge in [-0.3, -0.25) is 4.98 Å². The summed E-state index contributed by atoms with van der Waals surface area (Å²) in [4.78, 5) is 12.4. The Labute approximate surface area is 82.3 Å². The van der Waals surface area contributed by atoms with Crippen LogP contribution in [0.25, 0.3) is 6.08 Å². The fourth-order valence-corrected chi connectivity index (χ4v) is 1.45. The summed E-state index contributed by atoms with van der Waals surface area (Å²) < 4.78 is 0.684. The molecule has 0 spiro atoms. The van der Waals surface area contributed by atoms with Crippen molar-refractivity contribution in [2.75, 3.05) is 0 Å². The van der Waals surface area contributed by atoms with Gasteiger partial charge in [0.15, 0.2) is 5.49 Å². The first-order valence-electron chi connectivity index (χ1n) is 3.46. The van der Waals surface area contributed by atoms with Gasteiger partial charge in [-0.25, -0.2) is 9.98 Å². The molecule has 0 aliphatic carbocycles. The third kappa shape index (κ3) is 1.49. The van der Waals surface area contributed by atoms with E-state index in [0.29, 0.717) is 10.1 Å². The Balaban J connectivity index is 2.72. The molecule has 1 aliphatic rings.